The number of nitrogens with one attached hydrogen (secondary N) is 1. The standard InChI is InChI=1S/C20H15BrCl2F3N3O2/c21-15-9-29(8-12-4-5-16(22)17(23)7-12)28-18(15)27-19(30)14-3-1-2-13(6-14)10-31-11-20(24,25)26/h1-7,9H,8,10-11H2,(H,27,28,30). The van der Waals surface area contributed by atoms with E-state index in [2.05, 4.69) is 31.1 Å². The molecule has 0 unspecified atom stereocenters. The van der Waals surface area contributed by atoms with Gasteiger partial charge in [0, 0.05) is 11.8 Å². The maximum Gasteiger partial charge on any atom is 0.411 e. The molecule has 1 amide bonds. The highest BCUT2D eigenvalue weighted by Gasteiger charge is 2.27. The van der Waals surface area contributed by atoms with Gasteiger partial charge >= 0.3 is 6.18 Å². The number of nitrogens with zero attached hydrogens (tertiary/aromatic N) is 2. The van der Waals surface area contributed by atoms with Crippen LogP contribution in [0, 0.1) is 0 Å². The molecule has 0 fully saturated rings. The Labute approximate surface area is 194 Å². The molecule has 1 heterocycles. The van der Waals surface area contributed by atoms with E-state index in [0.29, 0.717) is 32.4 Å². The third-order valence-corrected chi connectivity index (χ3v) is 5.32. The molecule has 2 aromatic carbocycles. The largest absolute Gasteiger partial charge is 0.411 e. The summed E-state index contributed by atoms with van der Waals surface area (Å²) in [5, 5.41) is 7.89. The molecule has 0 aliphatic heterocycles. The number of amides is 1. The molecule has 0 saturated heterocycles. The van der Waals surface area contributed by atoms with E-state index in [9.17, 15) is 18.0 Å². The molecule has 1 aromatic heterocycles. The van der Waals surface area contributed by atoms with E-state index in [-0.39, 0.29) is 12.2 Å². The van der Waals surface area contributed by atoms with Crippen molar-refractivity contribution in [1.29, 1.82) is 0 Å². The maximum absolute atomic E-state index is 12.6. The molecule has 164 valence electrons. The van der Waals surface area contributed by atoms with Gasteiger partial charge in [0.1, 0.15) is 6.61 Å². The van der Waals surface area contributed by atoms with Crippen molar-refractivity contribution in [3.63, 3.8) is 0 Å². The number of ether oxygens (including phenoxy) is 1. The number of rotatable bonds is 7. The zero-order valence-corrected chi connectivity index (χ0v) is 18.8. The topological polar surface area (TPSA) is 56.2 Å². The number of hydrogen-bond donors (Lipinski definition) is 1. The Morgan fingerprint density at radius 1 is 1.13 bits per heavy atom. The van der Waals surface area contributed by atoms with E-state index in [1.54, 1.807) is 41.2 Å². The number of alkyl halides is 3. The Balaban J connectivity index is 1.65. The molecule has 0 radical (unpaired) electrons. The van der Waals surface area contributed by atoms with Crippen LogP contribution in [-0.2, 0) is 17.9 Å². The van der Waals surface area contributed by atoms with Crippen LogP contribution in [-0.4, -0.2) is 28.5 Å². The fraction of sp³-hybridized carbons (Fsp3) is 0.200. The lowest BCUT2D eigenvalue weighted by atomic mass is 10.1. The van der Waals surface area contributed by atoms with Crippen molar-refractivity contribution in [1.82, 2.24) is 9.78 Å². The predicted molar refractivity (Wildman–Crippen MR) is 116 cm³/mol. The third kappa shape index (κ3) is 6.96. The van der Waals surface area contributed by atoms with Gasteiger partial charge in [-0.05, 0) is 51.3 Å². The zero-order chi connectivity index (χ0) is 22.6. The van der Waals surface area contributed by atoms with Crippen LogP contribution in [0.15, 0.2) is 53.1 Å². The minimum absolute atomic E-state index is 0.261. The molecular formula is C20H15BrCl2F3N3O2. The van der Waals surface area contributed by atoms with Crippen LogP contribution in [0.3, 0.4) is 0 Å². The molecule has 0 bridgehead atoms. The Morgan fingerprint density at radius 3 is 2.61 bits per heavy atom. The Morgan fingerprint density at radius 2 is 1.90 bits per heavy atom. The number of carbonyl (C=O) groups excluding carboxylic acids is 1. The van der Waals surface area contributed by atoms with Gasteiger partial charge in [0.15, 0.2) is 5.82 Å². The summed E-state index contributed by atoms with van der Waals surface area (Å²) in [6, 6.07) is 11.4. The third-order valence-electron chi connectivity index (χ3n) is 4.00. The number of benzene rings is 2. The highest BCUT2D eigenvalue weighted by atomic mass is 79.9. The van der Waals surface area contributed by atoms with Crippen molar-refractivity contribution in [2.45, 2.75) is 19.3 Å². The van der Waals surface area contributed by atoms with Crippen LogP contribution in [0.2, 0.25) is 10.0 Å². The molecule has 31 heavy (non-hydrogen) atoms. The predicted octanol–water partition coefficient (Wildman–Crippen LogP) is 6.33. The average molecular weight is 537 g/mol. The monoisotopic (exact) mass is 535 g/mol. The van der Waals surface area contributed by atoms with E-state index in [0.717, 1.165) is 5.56 Å². The molecule has 0 aliphatic rings. The summed E-state index contributed by atoms with van der Waals surface area (Å²) in [6.45, 7) is -1.22. The molecule has 0 atom stereocenters. The highest BCUT2D eigenvalue weighted by molar-refractivity contribution is 9.10. The first-order chi connectivity index (χ1) is 14.6. The van der Waals surface area contributed by atoms with Crippen molar-refractivity contribution in [2.75, 3.05) is 11.9 Å². The lowest BCUT2D eigenvalue weighted by Gasteiger charge is -2.09. The Kier molecular flexibility index (Phi) is 7.64. The van der Waals surface area contributed by atoms with Crippen LogP contribution in [0.4, 0.5) is 19.0 Å². The molecule has 0 saturated carbocycles. The number of carbonyl (C=O) groups is 1. The number of halogens is 6. The lowest BCUT2D eigenvalue weighted by molar-refractivity contribution is -0.176. The number of hydrogen-bond acceptors (Lipinski definition) is 3. The average Bonchev–Trinajstić information content (AvgIpc) is 3.02. The molecule has 0 aliphatic carbocycles. The van der Waals surface area contributed by atoms with Gasteiger partial charge in [0.25, 0.3) is 5.91 Å². The summed E-state index contributed by atoms with van der Waals surface area (Å²) in [6.07, 6.45) is -2.71. The molecular weight excluding hydrogens is 522 g/mol. The summed E-state index contributed by atoms with van der Waals surface area (Å²) in [7, 11) is 0. The van der Waals surface area contributed by atoms with Gasteiger partial charge in [-0.2, -0.15) is 18.3 Å². The molecule has 5 nitrogen and oxygen atoms in total. The van der Waals surface area contributed by atoms with E-state index in [1.165, 1.54) is 6.07 Å². The van der Waals surface area contributed by atoms with Gasteiger partial charge in [-0.1, -0.05) is 41.4 Å². The Hall–Kier alpha value is -2.07. The highest BCUT2D eigenvalue weighted by Crippen LogP contribution is 2.25. The van der Waals surface area contributed by atoms with Gasteiger partial charge in [0.05, 0.1) is 27.7 Å². The first-order valence-corrected chi connectivity index (χ1v) is 10.4. The number of aromatic nitrogens is 2. The maximum atomic E-state index is 12.6. The second-order valence-corrected chi connectivity index (χ2v) is 8.20. The van der Waals surface area contributed by atoms with Crippen molar-refractivity contribution in [3.05, 3.63) is 79.9 Å². The van der Waals surface area contributed by atoms with E-state index >= 15 is 0 Å². The smallest absolute Gasteiger partial charge is 0.367 e. The molecule has 1 N–H and O–H groups in total. The summed E-state index contributed by atoms with van der Waals surface area (Å²) in [5.41, 5.74) is 1.58. The quantitative estimate of drug-likeness (QED) is 0.384. The van der Waals surface area contributed by atoms with Crippen molar-refractivity contribution < 1.29 is 22.7 Å². The van der Waals surface area contributed by atoms with Gasteiger partial charge in [0.2, 0.25) is 0 Å². The normalized spacial score (nSPS) is 11.5. The first-order valence-electron chi connectivity index (χ1n) is 8.82. The summed E-state index contributed by atoms with van der Waals surface area (Å²) >= 11 is 15.3. The second-order valence-electron chi connectivity index (χ2n) is 6.53. The summed E-state index contributed by atoms with van der Waals surface area (Å²) in [5.74, 6) is -0.165. The van der Waals surface area contributed by atoms with Crippen LogP contribution >= 0.6 is 39.1 Å². The van der Waals surface area contributed by atoms with Crippen molar-refractivity contribution in [2.24, 2.45) is 0 Å². The van der Waals surface area contributed by atoms with Crippen LogP contribution in [0.25, 0.3) is 0 Å². The lowest BCUT2D eigenvalue weighted by Crippen LogP contribution is -2.17. The van der Waals surface area contributed by atoms with Crippen molar-refractivity contribution >= 4 is 50.9 Å². The summed E-state index contributed by atoms with van der Waals surface area (Å²) in [4.78, 5) is 12.6. The fourth-order valence-electron chi connectivity index (χ4n) is 2.65. The van der Waals surface area contributed by atoms with Gasteiger partial charge < -0.3 is 10.1 Å². The SMILES string of the molecule is O=C(Nc1nn(Cc2ccc(Cl)c(Cl)c2)cc1Br)c1cccc(COCC(F)(F)F)c1. The molecule has 3 rings (SSSR count). The van der Waals surface area contributed by atoms with Crippen LogP contribution < -0.4 is 5.32 Å². The van der Waals surface area contributed by atoms with Crippen molar-refractivity contribution in [3.8, 4) is 0 Å². The van der Waals surface area contributed by atoms with Crippen LogP contribution in [0.5, 0.6) is 0 Å². The molecule has 0 spiro atoms. The van der Waals surface area contributed by atoms with E-state index in [1.807, 2.05) is 6.07 Å². The minimum Gasteiger partial charge on any atom is -0.367 e. The Bertz CT molecular complexity index is 1090. The van der Waals surface area contributed by atoms with Crippen LogP contribution in [0.1, 0.15) is 21.5 Å². The van der Waals surface area contributed by atoms with Gasteiger partial charge in [-0.15, -0.1) is 0 Å². The first kappa shape index (κ1) is 23.6. The van der Waals surface area contributed by atoms with E-state index < -0.39 is 18.7 Å². The van der Waals surface area contributed by atoms with Gasteiger partial charge in [-0.3, -0.25) is 9.48 Å². The molecule has 3 aromatic rings. The number of anilines is 1. The minimum atomic E-state index is -4.41. The van der Waals surface area contributed by atoms with Gasteiger partial charge in [-0.25, -0.2) is 0 Å². The second kappa shape index (κ2) is 10.0. The fourth-order valence-corrected chi connectivity index (χ4v) is 3.39. The van der Waals surface area contributed by atoms with E-state index in [4.69, 9.17) is 23.2 Å². The zero-order valence-electron chi connectivity index (χ0n) is 15.7. The summed E-state index contributed by atoms with van der Waals surface area (Å²) < 4.78 is 43.4. The molecule has 11 heteroatoms.